The van der Waals surface area contributed by atoms with E-state index >= 15 is 0 Å². The lowest BCUT2D eigenvalue weighted by Gasteiger charge is -2.21. The summed E-state index contributed by atoms with van der Waals surface area (Å²) < 4.78 is 2.09. The topological polar surface area (TPSA) is 29.9 Å². The fourth-order valence-corrected chi connectivity index (χ4v) is 4.35. The van der Waals surface area contributed by atoms with Gasteiger partial charge in [-0.15, -0.1) is 0 Å². The van der Waals surface area contributed by atoms with E-state index in [0.717, 1.165) is 22.8 Å². The molecule has 106 valence electrons. The first kappa shape index (κ1) is 13.4. The zero-order chi connectivity index (χ0) is 13.6. The standard InChI is InChI=1S/C15H24ClN3/c1-9(2)19-15(12(16)8-18-19)14(17-3)13-10-6-4-5-7-11(10)13/h8-11,13-14,17H,4-7H2,1-3H3. The molecule has 2 aliphatic rings. The number of halogens is 1. The molecule has 1 aromatic rings. The molecule has 0 amide bonds. The molecule has 1 heterocycles. The Labute approximate surface area is 120 Å². The second-order valence-electron chi connectivity index (χ2n) is 6.37. The molecule has 3 unspecified atom stereocenters. The second-order valence-corrected chi connectivity index (χ2v) is 6.78. The van der Waals surface area contributed by atoms with E-state index in [1.165, 1.54) is 31.4 Å². The molecule has 4 heteroatoms. The van der Waals surface area contributed by atoms with Crippen LogP contribution in [0.3, 0.4) is 0 Å². The molecule has 0 aliphatic heterocycles. The Hall–Kier alpha value is -0.540. The lowest BCUT2D eigenvalue weighted by molar-refractivity contribution is 0.415. The van der Waals surface area contributed by atoms with Gasteiger partial charge in [0.1, 0.15) is 0 Å². The minimum absolute atomic E-state index is 0.360. The predicted octanol–water partition coefficient (Wildman–Crippen LogP) is 3.81. The molecule has 0 aromatic carbocycles. The number of aromatic nitrogens is 2. The normalized spacial score (nSPS) is 31.3. The third-order valence-electron chi connectivity index (χ3n) is 4.99. The van der Waals surface area contributed by atoms with E-state index in [4.69, 9.17) is 11.6 Å². The predicted molar refractivity (Wildman–Crippen MR) is 78.4 cm³/mol. The molecule has 3 nitrogen and oxygen atoms in total. The van der Waals surface area contributed by atoms with Crippen molar-refractivity contribution < 1.29 is 0 Å². The average molecular weight is 282 g/mol. The van der Waals surface area contributed by atoms with Gasteiger partial charge in [-0.05, 0) is 51.5 Å². The van der Waals surface area contributed by atoms with Gasteiger partial charge in [0, 0.05) is 6.04 Å². The first-order valence-electron chi connectivity index (χ1n) is 7.55. The van der Waals surface area contributed by atoms with Crippen LogP contribution in [-0.4, -0.2) is 16.8 Å². The van der Waals surface area contributed by atoms with Crippen LogP contribution in [0.15, 0.2) is 6.20 Å². The first-order chi connectivity index (χ1) is 9.15. The van der Waals surface area contributed by atoms with Crippen LogP contribution in [0, 0.1) is 17.8 Å². The number of nitrogens with one attached hydrogen (secondary N) is 1. The van der Waals surface area contributed by atoms with Crippen molar-refractivity contribution >= 4 is 11.6 Å². The van der Waals surface area contributed by atoms with E-state index in [1.807, 2.05) is 0 Å². The van der Waals surface area contributed by atoms with Crippen LogP contribution in [0.2, 0.25) is 5.02 Å². The zero-order valence-electron chi connectivity index (χ0n) is 12.1. The summed E-state index contributed by atoms with van der Waals surface area (Å²) in [6.07, 6.45) is 7.42. The SMILES string of the molecule is CNC(c1c(Cl)cnn1C(C)C)C1C2CCCCC21. The van der Waals surface area contributed by atoms with Gasteiger partial charge < -0.3 is 5.32 Å². The van der Waals surface area contributed by atoms with Gasteiger partial charge in [0.05, 0.1) is 23.0 Å². The van der Waals surface area contributed by atoms with Crippen molar-refractivity contribution in [2.45, 2.75) is 51.6 Å². The van der Waals surface area contributed by atoms with Crippen molar-refractivity contribution in [1.82, 2.24) is 15.1 Å². The Bertz CT molecular complexity index is 442. The molecule has 1 N–H and O–H groups in total. The molecule has 3 atom stereocenters. The summed E-state index contributed by atoms with van der Waals surface area (Å²) in [6, 6.07) is 0.727. The second kappa shape index (κ2) is 5.10. The number of nitrogens with zero attached hydrogens (tertiary/aromatic N) is 2. The van der Waals surface area contributed by atoms with Gasteiger partial charge in [-0.1, -0.05) is 24.4 Å². The summed E-state index contributed by atoms with van der Waals surface area (Å²) in [5.74, 6) is 2.59. The van der Waals surface area contributed by atoms with Crippen molar-refractivity contribution in [3.8, 4) is 0 Å². The maximum absolute atomic E-state index is 6.41. The summed E-state index contributed by atoms with van der Waals surface area (Å²) in [5, 5.41) is 8.79. The molecule has 3 rings (SSSR count). The fourth-order valence-electron chi connectivity index (χ4n) is 4.11. The lowest BCUT2D eigenvalue weighted by Crippen LogP contribution is -2.24. The Kier molecular flexibility index (Phi) is 3.61. The van der Waals surface area contributed by atoms with Crippen molar-refractivity contribution in [3.63, 3.8) is 0 Å². The Morgan fingerprint density at radius 2 is 1.95 bits per heavy atom. The minimum Gasteiger partial charge on any atom is -0.311 e. The van der Waals surface area contributed by atoms with Gasteiger partial charge in [-0.25, -0.2) is 0 Å². The summed E-state index contributed by atoms with van der Waals surface area (Å²) in [6.45, 7) is 4.33. The van der Waals surface area contributed by atoms with Gasteiger partial charge in [-0.3, -0.25) is 4.68 Å². The van der Waals surface area contributed by atoms with Crippen LogP contribution in [0.25, 0.3) is 0 Å². The van der Waals surface area contributed by atoms with E-state index in [2.05, 4.69) is 36.0 Å². The molecular weight excluding hydrogens is 258 g/mol. The molecule has 0 radical (unpaired) electrons. The third-order valence-corrected chi connectivity index (χ3v) is 5.28. The smallest absolute Gasteiger partial charge is 0.0834 e. The summed E-state index contributed by atoms with van der Waals surface area (Å²) in [5.41, 5.74) is 1.19. The molecule has 2 aliphatic carbocycles. The van der Waals surface area contributed by atoms with Crippen LogP contribution in [-0.2, 0) is 0 Å². The van der Waals surface area contributed by atoms with E-state index in [1.54, 1.807) is 6.20 Å². The van der Waals surface area contributed by atoms with Crippen LogP contribution < -0.4 is 5.32 Å². The van der Waals surface area contributed by atoms with Gasteiger partial charge in [-0.2, -0.15) is 5.10 Å². The van der Waals surface area contributed by atoms with Crippen LogP contribution in [0.1, 0.15) is 57.3 Å². The van der Waals surface area contributed by atoms with Crippen molar-refractivity contribution in [2.75, 3.05) is 7.05 Å². The number of hydrogen-bond acceptors (Lipinski definition) is 2. The molecule has 1 aromatic heterocycles. The van der Waals surface area contributed by atoms with Crippen molar-refractivity contribution in [1.29, 1.82) is 0 Å². The lowest BCUT2D eigenvalue weighted by atomic mass is 10.0. The highest BCUT2D eigenvalue weighted by Crippen LogP contribution is 2.60. The van der Waals surface area contributed by atoms with Crippen molar-refractivity contribution in [2.24, 2.45) is 17.8 Å². The summed E-state index contributed by atoms with van der Waals surface area (Å²) in [7, 11) is 2.06. The summed E-state index contributed by atoms with van der Waals surface area (Å²) in [4.78, 5) is 0. The fraction of sp³-hybridized carbons (Fsp3) is 0.800. The van der Waals surface area contributed by atoms with Gasteiger partial charge in [0.25, 0.3) is 0 Å². The summed E-state index contributed by atoms with van der Waals surface area (Å²) >= 11 is 6.41. The molecular formula is C15H24ClN3. The van der Waals surface area contributed by atoms with Crippen molar-refractivity contribution in [3.05, 3.63) is 16.9 Å². The van der Waals surface area contributed by atoms with E-state index in [9.17, 15) is 0 Å². The van der Waals surface area contributed by atoms with Gasteiger partial charge in [0.2, 0.25) is 0 Å². The molecule has 2 saturated carbocycles. The van der Waals surface area contributed by atoms with Crippen LogP contribution >= 0.6 is 11.6 Å². The van der Waals surface area contributed by atoms with Gasteiger partial charge >= 0.3 is 0 Å². The monoisotopic (exact) mass is 281 g/mol. The average Bonchev–Trinajstić information content (AvgIpc) is 2.99. The highest BCUT2D eigenvalue weighted by Gasteiger charge is 2.55. The minimum atomic E-state index is 0.360. The Morgan fingerprint density at radius 1 is 1.32 bits per heavy atom. The number of fused-ring (bicyclic) bond motifs is 1. The molecule has 2 fully saturated rings. The van der Waals surface area contributed by atoms with E-state index < -0.39 is 0 Å². The molecule has 0 saturated heterocycles. The number of rotatable bonds is 4. The highest BCUT2D eigenvalue weighted by atomic mass is 35.5. The van der Waals surface area contributed by atoms with Crippen LogP contribution in [0.4, 0.5) is 0 Å². The van der Waals surface area contributed by atoms with Gasteiger partial charge in [0.15, 0.2) is 0 Å². The molecule has 0 bridgehead atoms. The maximum Gasteiger partial charge on any atom is 0.0834 e. The Morgan fingerprint density at radius 3 is 2.47 bits per heavy atom. The van der Waals surface area contributed by atoms with Crippen LogP contribution in [0.5, 0.6) is 0 Å². The highest BCUT2D eigenvalue weighted by molar-refractivity contribution is 6.31. The Balaban J connectivity index is 1.89. The quantitative estimate of drug-likeness (QED) is 0.909. The van der Waals surface area contributed by atoms with E-state index in [-0.39, 0.29) is 0 Å². The van der Waals surface area contributed by atoms with E-state index in [0.29, 0.717) is 12.1 Å². The largest absolute Gasteiger partial charge is 0.311 e. The number of hydrogen-bond donors (Lipinski definition) is 1. The maximum atomic E-state index is 6.41. The zero-order valence-corrected chi connectivity index (χ0v) is 12.8. The molecule has 19 heavy (non-hydrogen) atoms. The third kappa shape index (κ3) is 2.21. The first-order valence-corrected chi connectivity index (χ1v) is 7.93. The molecule has 0 spiro atoms.